The normalized spacial score (nSPS) is 19.2. The Bertz CT molecular complexity index is 722. The molecular formula is C19H26N4O. The van der Waals surface area contributed by atoms with Gasteiger partial charge in [-0.1, -0.05) is 26.0 Å². The van der Waals surface area contributed by atoms with Gasteiger partial charge in [-0.2, -0.15) is 0 Å². The molecular weight excluding hydrogens is 300 g/mol. The molecule has 5 nitrogen and oxygen atoms in total. The van der Waals surface area contributed by atoms with Gasteiger partial charge in [-0.25, -0.2) is 0 Å². The van der Waals surface area contributed by atoms with Gasteiger partial charge in [0, 0.05) is 31.8 Å². The van der Waals surface area contributed by atoms with E-state index in [1.807, 2.05) is 0 Å². The largest absolute Gasteiger partial charge is 0.493 e. The summed E-state index contributed by atoms with van der Waals surface area (Å²) in [5, 5.41) is 12.4. The second-order valence-electron chi connectivity index (χ2n) is 7.32. The van der Waals surface area contributed by atoms with E-state index in [0.29, 0.717) is 11.8 Å². The highest BCUT2D eigenvalue weighted by Gasteiger charge is 2.23. The maximum Gasteiger partial charge on any atom is 0.135 e. The van der Waals surface area contributed by atoms with Gasteiger partial charge in [0.1, 0.15) is 17.4 Å². The number of ether oxygens (including phenoxy) is 1. The molecule has 5 heteroatoms. The number of aromatic nitrogens is 3. The smallest absolute Gasteiger partial charge is 0.135 e. The number of fused-ring (bicyclic) bond motifs is 2. The molecule has 3 heterocycles. The van der Waals surface area contributed by atoms with E-state index in [0.717, 1.165) is 56.5 Å². The fourth-order valence-electron chi connectivity index (χ4n) is 3.78. The topological polar surface area (TPSA) is 52.0 Å². The predicted octanol–water partition coefficient (Wildman–Crippen LogP) is 2.69. The summed E-state index contributed by atoms with van der Waals surface area (Å²) in [5.74, 6) is 4.45. The summed E-state index contributed by atoms with van der Waals surface area (Å²) in [5.41, 5.74) is 2.70. The summed E-state index contributed by atoms with van der Waals surface area (Å²) in [6, 6.07) is 6.57. The minimum Gasteiger partial charge on any atom is -0.493 e. The van der Waals surface area contributed by atoms with Crippen LogP contribution in [0.15, 0.2) is 18.2 Å². The molecule has 1 aromatic carbocycles. The summed E-state index contributed by atoms with van der Waals surface area (Å²) in [6.07, 6.45) is 3.28. The van der Waals surface area contributed by atoms with Gasteiger partial charge in [0.2, 0.25) is 0 Å². The molecule has 0 bridgehead atoms. The third-order valence-electron chi connectivity index (χ3n) is 5.11. The van der Waals surface area contributed by atoms with Crippen molar-refractivity contribution in [2.45, 2.75) is 52.1 Å². The van der Waals surface area contributed by atoms with Gasteiger partial charge in [-0.05, 0) is 36.1 Å². The SMILES string of the molecule is CC(C)c1nnc2n1C[C@@H](CNCc1ccc3c(c1)CCO3)CC2. The Kier molecular flexibility index (Phi) is 4.27. The van der Waals surface area contributed by atoms with Crippen LogP contribution in [-0.2, 0) is 25.9 Å². The minimum absolute atomic E-state index is 0.437. The number of hydrogen-bond acceptors (Lipinski definition) is 4. The van der Waals surface area contributed by atoms with Gasteiger partial charge in [0.25, 0.3) is 0 Å². The van der Waals surface area contributed by atoms with Crippen LogP contribution in [0.25, 0.3) is 0 Å². The fourth-order valence-corrected chi connectivity index (χ4v) is 3.78. The zero-order valence-electron chi connectivity index (χ0n) is 14.6. The van der Waals surface area contributed by atoms with E-state index in [2.05, 4.69) is 52.1 Å². The van der Waals surface area contributed by atoms with Gasteiger partial charge in [-0.3, -0.25) is 0 Å². The summed E-state index contributed by atoms with van der Waals surface area (Å²) >= 11 is 0. The first-order chi connectivity index (χ1) is 11.7. The van der Waals surface area contributed by atoms with E-state index < -0.39 is 0 Å². The van der Waals surface area contributed by atoms with E-state index in [1.54, 1.807) is 0 Å². The molecule has 128 valence electrons. The van der Waals surface area contributed by atoms with Crippen molar-refractivity contribution in [1.82, 2.24) is 20.1 Å². The maximum absolute atomic E-state index is 5.57. The van der Waals surface area contributed by atoms with Gasteiger partial charge in [-0.15, -0.1) is 10.2 Å². The Morgan fingerprint density at radius 3 is 3.08 bits per heavy atom. The van der Waals surface area contributed by atoms with Crippen LogP contribution in [0.2, 0.25) is 0 Å². The standard InChI is InChI=1S/C19H26N4O/c1-13(2)19-22-21-18-6-4-15(12-23(18)19)11-20-10-14-3-5-17-16(9-14)7-8-24-17/h3,5,9,13,15,20H,4,6-8,10-12H2,1-2H3/t15-/m1/s1. The second-order valence-corrected chi connectivity index (χ2v) is 7.32. The third-order valence-corrected chi connectivity index (χ3v) is 5.11. The zero-order chi connectivity index (χ0) is 16.5. The van der Waals surface area contributed by atoms with Crippen LogP contribution >= 0.6 is 0 Å². The number of nitrogens with zero attached hydrogens (tertiary/aromatic N) is 3. The first kappa shape index (κ1) is 15.6. The lowest BCUT2D eigenvalue weighted by atomic mass is 9.98. The lowest BCUT2D eigenvalue weighted by Gasteiger charge is -2.25. The Balaban J connectivity index is 1.33. The van der Waals surface area contributed by atoms with Gasteiger partial charge in [0.15, 0.2) is 0 Å². The van der Waals surface area contributed by atoms with Crippen molar-refractivity contribution in [2.24, 2.45) is 5.92 Å². The molecule has 2 aromatic rings. The van der Waals surface area contributed by atoms with Crippen LogP contribution in [0.3, 0.4) is 0 Å². The van der Waals surface area contributed by atoms with E-state index in [-0.39, 0.29) is 0 Å². The zero-order valence-corrected chi connectivity index (χ0v) is 14.6. The number of nitrogens with one attached hydrogen (secondary N) is 1. The van der Waals surface area contributed by atoms with E-state index in [4.69, 9.17) is 4.74 Å². The Labute approximate surface area is 143 Å². The molecule has 1 atom stereocenters. The molecule has 2 aliphatic rings. The molecule has 0 radical (unpaired) electrons. The Hall–Kier alpha value is -1.88. The van der Waals surface area contributed by atoms with Crippen LogP contribution in [0.1, 0.15) is 49.0 Å². The van der Waals surface area contributed by atoms with Crippen molar-refractivity contribution in [3.63, 3.8) is 0 Å². The molecule has 0 aliphatic carbocycles. The van der Waals surface area contributed by atoms with Crippen LogP contribution in [-0.4, -0.2) is 27.9 Å². The summed E-state index contributed by atoms with van der Waals surface area (Å²) in [4.78, 5) is 0. The molecule has 0 saturated carbocycles. The van der Waals surface area contributed by atoms with Gasteiger partial charge < -0.3 is 14.6 Å². The van der Waals surface area contributed by atoms with Crippen LogP contribution in [0.5, 0.6) is 5.75 Å². The molecule has 4 rings (SSSR count). The molecule has 1 aromatic heterocycles. The highest BCUT2D eigenvalue weighted by molar-refractivity contribution is 5.39. The van der Waals surface area contributed by atoms with Crippen molar-refractivity contribution in [2.75, 3.05) is 13.2 Å². The van der Waals surface area contributed by atoms with Crippen molar-refractivity contribution < 1.29 is 4.74 Å². The highest BCUT2D eigenvalue weighted by Crippen LogP contribution is 2.26. The molecule has 0 unspecified atom stereocenters. The summed E-state index contributed by atoms with van der Waals surface area (Å²) in [6.45, 7) is 8.22. The summed E-state index contributed by atoms with van der Waals surface area (Å²) < 4.78 is 7.91. The molecule has 0 saturated heterocycles. The van der Waals surface area contributed by atoms with E-state index >= 15 is 0 Å². The Morgan fingerprint density at radius 2 is 2.21 bits per heavy atom. The van der Waals surface area contributed by atoms with Gasteiger partial charge in [0.05, 0.1) is 6.61 Å². The lowest BCUT2D eigenvalue weighted by molar-refractivity contribution is 0.340. The van der Waals surface area contributed by atoms with Crippen molar-refractivity contribution in [1.29, 1.82) is 0 Å². The fraction of sp³-hybridized carbons (Fsp3) is 0.579. The average molecular weight is 326 g/mol. The number of aryl methyl sites for hydroxylation is 1. The first-order valence-corrected chi connectivity index (χ1v) is 9.08. The maximum atomic E-state index is 5.57. The molecule has 0 spiro atoms. The quantitative estimate of drug-likeness (QED) is 0.918. The molecule has 24 heavy (non-hydrogen) atoms. The average Bonchev–Trinajstić information content (AvgIpc) is 3.20. The first-order valence-electron chi connectivity index (χ1n) is 9.08. The molecule has 0 fully saturated rings. The Morgan fingerprint density at radius 1 is 1.29 bits per heavy atom. The lowest BCUT2D eigenvalue weighted by Crippen LogP contribution is -2.30. The number of benzene rings is 1. The van der Waals surface area contributed by atoms with Gasteiger partial charge >= 0.3 is 0 Å². The third kappa shape index (κ3) is 3.05. The number of rotatable bonds is 5. The predicted molar refractivity (Wildman–Crippen MR) is 93.3 cm³/mol. The monoisotopic (exact) mass is 326 g/mol. The van der Waals surface area contributed by atoms with Crippen LogP contribution in [0, 0.1) is 5.92 Å². The van der Waals surface area contributed by atoms with E-state index in [1.165, 1.54) is 17.5 Å². The van der Waals surface area contributed by atoms with Crippen LogP contribution in [0.4, 0.5) is 0 Å². The highest BCUT2D eigenvalue weighted by atomic mass is 16.5. The second kappa shape index (κ2) is 6.55. The molecule has 1 N–H and O–H groups in total. The molecule has 2 aliphatic heterocycles. The number of hydrogen-bond donors (Lipinski definition) is 1. The van der Waals surface area contributed by atoms with E-state index in [9.17, 15) is 0 Å². The van der Waals surface area contributed by atoms with Crippen LogP contribution < -0.4 is 10.1 Å². The summed E-state index contributed by atoms with van der Waals surface area (Å²) in [7, 11) is 0. The minimum atomic E-state index is 0.437. The van der Waals surface area contributed by atoms with Crippen molar-refractivity contribution in [3.05, 3.63) is 41.0 Å². The molecule has 0 amide bonds. The van der Waals surface area contributed by atoms with Crippen molar-refractivity contribution in [3.8, 4) is 5.75 Å². The van der Waals surface area contributed by atoms with Crippen molar-refractivity contribution >= 4 is 0 Å².